The van der Waals surface area contributed by atoms with Gasteiger partial charge in [0.25, 0.3) is 0 Å². The molecule has 0 N–H and O–H groups in total. The van der Waals surface area contributed by atoms with Crippen molar-refractivity contribution in [3.63, 3.8) is 0 Å². The molecule has 0 aliphatic carbocycles. The van der Waals surface area contributed by atoms with Crippen LogP contribution in [-0.4, -0.2) is 25.2 Å². The van der Waals surface area contributed by atoms with Crippen molar-refractivity contribution in [2.75, 3.05) is 13.2 Å². The Hall–Kier alpha value is -3.40. The molecule has 0 fully saturated rings. The Labute approximate surface area is 183 Å². The van der Waals surface area contributed by atoms with Crippen LogP contribution in [0.1, 0.15) is 31.4 Å². The Morgan fingerprint density at radius 2 is 1.42 bits per heavy atom. The molecule has 0 amide bonds. The summed E-state index contributed by atoms with van der Waals surface area (Å²) in [6, 6.07) is 23.6. The van der Waals surface area contributed by atoms with Crippen LogP contribution in [0, 0.1) is 5.41 Å². The summed E-state index contributed by atoms with van der Waals surface area (Å²) in [6.07, 6.45) is 4.15. The van der Waals surface area contributed by atoms with Gasteiger partial charge in [0.05, 0.1) is 13.2 Å². The van der Waals surface area contributed by atoms with Crippen LogP contribution in [0.25, 0.3) is 16.8 Å². The van der Waals surface area contributed by atoms with Crippen molar-refractivity contribution < 1.29 is 19.1 Å². The summed E-state index contributed by atoms with van der Waals surface area (Å²) < 4.78 is 10.8. The van der Waals surface area contributed by atoms with E-state index in [9.17, 15) is 9.59 Å². The predicted octanol–water partition coefficient (Wildman–Crippen LogP) is 5.60. The average Bonchev–Trinajstić information content (AvgIpc) is 2.79. The number of hydrogen-bond donors (Lipinski definition) is 0. The van der Waals surface area contributed by atoms with Gasteiger partial charge in [-0.25, -0.2) is 0 Å². The zero-order chi connectivity index (χ0) is 22.1. The third-order valence-corrected chi connectivity index (χ3v) is 5.28. The van der Waals surface area contributed by atoms with Crippen LogP contribution in [0.15, 0.2) is 78.9 Å². The van der Waals surface area contributed by atoms with Crippen molar-refractivity contribution in [2.24, 2.45) is 5.41 Å². The highest BCUT2D eigenvalue weighted by Crippen LogP contribution is 2.34. The van der Waals surface area contributed by atoms with E-state index in [-0.39, 0.29) is 26.1 Å². The molecule has 0 radical (unpaired) electrons. The summed E-state index contributed by atoms with van der Waals surface area (Å²) in [5, 5.41) is 2.07. The summed E-state index contributed by atoms with van der Waals surface area (Å²) in [6.45, 7) is 3.87. The highest BCUT2D eigenvalue weighted by molar-refractivity contribution is 6.01. The van der Waals surface area contributed by atoms with Gasteiger partial charge in [-0.15, -0.1) is 0 Å². The van der Waals surface area contributed by atoms with E-state index in [1.165, 1.54) is 0 Å². The number of carbonyl (C=O) groups is 2. The van der Waals surface area contributed by atoms with Crippen LogP contribution in [-0.2, 0) is 25.5 Å². The number of hydrogen-bond acceptors (Lipinski definition) is 4. The van der Waals surface area contributed by atoms with Gasteiger partial charge in [-0.05, 0) is 42.2 Å². The summed E-state index contributed by atoms with van der Waals surface area (Å²) in [5.41, 5.74) is 0.447. The van der Waals surface area contributed by atoms with Gasteiger partial charge >= 0.3 is 11.9 Å². The predicted molar refractivity (Wildman–Crippen MR) is 123 cm³/mol. The third-order valence-electron chi connectivity index (χ3n) is 5.28. The van der Waals surface area contributed by atoms with Gasteiger partial charge < -0.3 is 9.47 Å². The monoisotopic (exact) mass is 416 g/mol. The topological polar surface area (TPSA) is 52.6 Å². The largest absolute Gasteiger partial charge is 0.465 e. The van der Waals surface area contributed by atoms with Gasteiger partial charge in [-0.2, -0.15) is 0 Å². The molecule has 31 heavy (non-hydrogen) atoms. The van der Waals surface area contributed by atoms with Crippen LogP contribution in [0.3, 0.4) is 0 Å². The molecule has 0 aromatic heterocycles. The maximum absolute atomic E-state index is 13.2. The van der Waals surface area contributed by atoms with E-state index >= 15 is 0 Å². The molecule has 0 saturated carbocycles. The van der Waals surface area contributed by atoms with Gasteiger partial charge in [0.15, 0.2) is 5.41 Å². The summed E-state index contributed by atoms with van der Waals surface area (Å²) >= 11 is 0. The van der Waals surface area contributed by atoms with Crippen molar-refractivity contribution in [2.45, 2.75) is 26.7 Å². The Morgan fingerprint density at radius 3 is 2.10 bits per heavy atom. The first kappa shape index (κ1) is 22.3. The number of ether oxygens (including phenoxy) is 2. The average molecular weight is 417 g/mol. The lowest BCUT2D eigenvalue weighted by molar-refractivity contribution is -0.171. The van der Waals surface area contributed by atoms with E-state index in [0.717, 1.165) is 21.9 Å². The standard InChI is InChI=1S/C27H28O4/c1-3-30-25(28)27(26(29)31-4-2,19-11-14-21-12-6-5-7-13-21)20-23-17-10-16-22-15-8-9-18-24(22)23/h5-18H,3-4,19-20H2,1-2H3. The van der Waals surface area contributed by atoms with E-state index < -0.39 is 17.4 Å². The van der Waals surface area contributed by atoms with Crippen molar-refractivity contribution in [3.8, 4) is 0 Å². The lowest BCUT2D eigenvalue weighted by atomic mass is 9.77. The van der Waals surface area contributed by atoms with E-state index in [2.05, 4.69) is 0 Å². The molecule has 0 spiro atoms. The van der Waals surface area contributed by atoms with Crippen LogP contribution >= 0.6 is 0 Å². The fourth-order valence-electron chi connectivity index (χ4n) is 3.74. The van der Waals surface area contributed by atoms with Crippen LogP contribution in [0.2, 0.25) is 0 Å². The molecule has 0 heterocycles. The van der Waals surface area contributed by atoms with Gasteiger partial charge in [-0.1, -0.05) is 84.9 Å². The molecule has 0 bridgehead atoms. The summed E-state index contributed by atoms with van der Waals surface area (Å²) in [4.78, 5) is 26.4. The molecule has 0 atom stereocenters. The molecule has 4 heteroatoms. The number of allylic oxidation sites excluding steroid dienone is 1. The van der Waals surface area contributed by atoms with Gasteiger partial charge in [-0.3, -0.25) is 9.59 Å². The molecule has 3 aromatic carbocycles. The van der Waals surface area contributed by atoms with Gasteiger partial charge in [0.2, 0.25) is 0 Å². The van der Waals surface area contributed by atoms with Gasteiger partial charge in [0.1, 0.15) is 0 Å². The summed E-state index contributed by atoms with van der Waals surface area (Å²) in [7, 11) is 0. The number of fused-ring (bicyclic) bond motifs is 1. The quantitative estimate of drug-likeness (QED) is 0.337. The Morgan fingerprint density at radius 1 is 0.806 bits per heavy atom. The first-order chi connectivity index (χ1) is 15.1. The molecule has 0 aliphatic heterocycles. The minimum absolute atomic E-state index is 0.183. The molecule has 160 valence electrons. The lowest BCUT2D eigenvalue weighted by Crippen LogP contribution is -2.43. The normalized spacial score (nSPS) is 11.5. The number of rotatable bonds is 9. The molecule has 3 aromatic rings. The minimum Gasteiger partial charge on any atom is -0.465 e. The maximum atomic E-state index is 13.2. The van der Waals surface area contributed by atoms with Crippen molar-refractivity contribution in [3.05, 3.63) is 90.0 Å². The number of esters is 2. The minimum atomic E-state index is -1.46. The van der Waals surface area contributed by atoms with Crippen LogP contribution in [0.4, 0.5) is 0 Å². The first-order valence-corrected chi connectivity index (χ1v) is 10.6. The summed E-state index contributed by atoms with van der Waals surface area (Å²) in [5.74, 6) is -1.11. The maximum Gasteiger partial charge on any atom is 0.324 e. The Kier molecular flexibility index (Phi) is 7.60. The molecular formula is C27H28O4. The van der Waals surface area contributed by atoms with Crippen molar-refractivity contribution in [1.29, 1.82) is 0 Å². The smallest absolute Gasteiger partial charge is 0.324 e. The van der Waals surface area contributed by atoms with E-state index in [0.29, 0.717) is 0 Å². The molecule has 0 saturated heterocycles. The zero-order valence-corrected chi connectivity index (χ0v) is 18.0. The van der Waals surface area contributed by atoms with Crippen molar-refractivity contribution >= 4 is 28.8 Å². The molecule has 0 unspecified atom stereocenters. The second kappa shape index (κ2) is 10.6. The van der Waals surface area contributed by atoms with E-state index in [4.69, 9.17) is 9.47 Å². The molecule has 4 nitrogen and oxygen atoms in total. The Bertz CT molecular complexity index is 1030. The first-order valence-electron chi connectivity index (χ1n) is 10.6. The second-order valence-corrected chi connectivity index (χ2v) is 7.36. The van der Waals surface area contributed by atoms with Crippen LogP contribution < -0.4 is 0 Å². The molecule has 3 rings (SSSR count). The third kappa shape index (κ3) is 5.21. The zero-order valence-electron chi connectivity index (χ0n) is 18.0. The molecule has 0 aliphatic rings. The van der Waals surface area contributed by atoms with E-state index in [1.807, 2.05) is 84.9 Å². The Balaban J connectivity index is 2.04. The fraction of sp³-hybridized carbons (Fsp3) is 0.259. The number of carbonyl (C=O) groups excluding carboxylic acids is 2. The number of benzene rings is 3. The highest BCUT2D eigenvalue weighted by Gasteiger charge is 2.48. The van der Waals surface area contributed by atoms with E-state index in [1.54, 1.807) is 13.8 Å². The lowest BCUT2D eigenvalue weighted by Gasteiger charge is -2.29. The second-order valence-electron chi connectivity index (χ2n) is 7.36. The van der Waals surface area contributed by atoms with Crippen molar-refractivity contribution in [1.82, 2.24) is 0 Å². The SMILES string of the molecule is CCOC(=O)C(CC=Cc1ccccc1)(Cc1cccc2ccccc12)C(=O)OCC. The highest BCUT2D eigenvalue weighted by atomic mass is 16.6. The fourth-order valence-corrected chi connectivity index (χ4v) is 3.74. The van der Waals surface area contributed by atoms with Gasteiger partial charge in [0, 0.05) is 6.42 Å². The van der Waals surface area contributed by atoms with Crippen LogP contribution in [0.5, 0.6) is 0 Å². The molecular weight excluding hydrogens is 388 g/mol.